The molecule has 0 saturated heterocycles. The van der Waals surface area contributed by atoms with E-state index in [0.29, 0.717) is 0 Å². The number of hydrogen-bond donors (Lipinski definition) is 0. The molecule has 18 heavy (non-hydrogen) atoms. The lowest BCUT2D eigenvalue weighted by atomic mass is 9.75. The second-order valence-electron chi connectivity index (χ2n) is 7.37. The van der Waals surface area contributed by atoms with Gasteiger partial charge in [-0.25, -0.2) is 0 Å². The first kappa shape index (κ1) is 14.0. The van der Waals surface area contributed by atoms with Gasteiger partial charge in [-0.15, -0.1) is 0 Å². The maximum absolute atomic E-state index is 5.73. The third-order valence-corrected chi connectivity index (χ3v) is 5.06. The zero-order valence-electron chi connectivity index (χ0n) is 12.6. The fourth-order valence-electron chi connectivity index (χ4n) is 2.83. The van der Waals surface area contributed by atoms with Gasteiger partial charge in [0.1, 0.15) is 0 Å². The van der Waals surface area contributed by atoms with Gasteiger partial charge in [0.15, 0.2) is 0 Å². The van der Waals surface area contributed by atoms with Crippen molar-refractivity contribution < 1.29 is 0 Å². The highest BCUT2D eigenvalue weighted by atomic mass is 32.1. The van der Waals surface area contributed by atoms with Crippen molar-refractivity contribution in [3.63, 3.8) is 0 Å². The standard InChI is InChI=1S/C15H26N2S/c1-14(2,3)17-9-11-7-8-15(4,5)13(18)12(11)16(6)10-17/h7-10H2,1-6H3. The SMILES string of the molecule is CN1CN(C(C)(C)C)CC2=C1C(=S)C(C)(C)CC2. The Bertz CT molecular complexity index is 401. The van der Waals surface area contributed by atoms with Crippen LogP contribution in [0.15, 0.2) is 11.3 Å². The molecule has 0 atom stereocenters. The molecule has 0 spiro atoms. The zero-order valence-corrected chi connectivity index (χ0v) is 13.4. The van der Waals surface area contributed by atoms with Crippen LogP contribution in [-0.2, 0) is 0 Å². The molecule has 2 nitrogen and oxygen atoms in total. The molecule has 2 rings (SSSR count). The first-order chi connectivity index (χ1) is 8.13. The summed E-state index contributed by atoms with van der Waals surface area (Å²) in [5.74, 6) is 0. The fourth-order valence-corrected chi connectivity index (χ4v) is 3.23. The summed E-state index contributed by atoms with van der Waals surface area (Å²) >= 11 is 5.73. The van der Waals surface area contributed by atoms with E-state index >= 15 is 0 Å². The van der Waals surface area contributed by atoms with Crippen molar-refractivity contribution >= 4 is 17.1 Å². The van der Waals surface area contributed by atoms with Crippen LogP contribution in [0.5, 0.6) is 0 Å². The van der Waals surface area contributed by atoms with Crippen LogP contribution in [0.1, 0.15) is 47.5 Å². The minimum atomic E-state index is 0.187. The second kappa shape index (κ2) is 4.31. The molecule has 0 bridgehead atoms. The molecule has 3 heteroatoms. The van der Waals surface area contributed by atoms with Gasteiger partial charge in [-0.1, -0.05) is 26.1 Å². The van der Waals surface area contributed by atoms with E-state index in [2.05, 4.69) is 51.5 Å². The molecule has 1 aliphatic carbocycles. The molecule has 0 aromatic carbocycles. The summed E-state index contributed by atoms with van der Waals surface area (Å²) < 4.78 is 0. The van der Waals surface area contributed by atoms with Crippen LogP contribution < -0.4 is 0 Å². The van der Waals surface area contributed by atoms with Gasteiger partial charge in [-0.2, -0.15) is 0 Å². The minimum Gasteiger partial charge on any atom is -0.361 e. The smallest absolute Gasteiger partial charge is 0.0711 e. The lowest BCUT2D eigenvalue weighted by molar-refractivity contribution is 0.0777. The Labute approximate surface area is 117 Å². The maximum atomic E-state index is 5.73. The van der Waals surface area contributed by atoms with E-state index < -0.39 is 0 Å². The molecule has 0 fully saturated rings. The van der Waals surface area contributed by atoms with Crippen molar-refractivity contribution in [1.82, 2.24) is 9.80 Å². The number of rotatable bonds is 0. The lowest BCUT2D eigenvalue weighted by Crippen LogP contribution is -2.53. The van der Waals surface area contributed by atoms with Crippen LogP contribution in [0.2, 0.25) is 0 Å². The Morgan fingerprint density at radius 3 is 2.39 bits per heavy atom. The van der Waals surface area contributed by atoms with Crippen molar-refractivity contribution in [2.45, 2.75) is 53.0 Å². The van der Waals surface area contributed by atoms with Crippen molar-refractivity contribution in [2.75, 3.05) is 20.3 Å². The zero-order chi connectivity index (χ0) is 13.7. The quantitative estimate of drug-likeness (QED) is 0.620. The first-order valence-corrected chi connectivity index (χ1v) is 7.27. The van der Waals surface area contributed by atoms with Crippen molar-refractivity contribution in [3.05, 3.63) is 11.3 Å². The highest BCUT2D eigenvalue weighted by molar-refractivity contribution is 7.81. The third-order valence-electron chi connectivity index (χ3n) is 4.31. The number of hydrogen-bond acceptors (Lipinski definition) is 3. The number of allylic oxidation sites excluding steroid dienone is 1. The molecule has 0 aromatic heterocycles. The Morgan fingerprint density at radius 1 is 1.22 bits per heavy atom. The molecular weight excluding hydrogens is 240 g/mol. The molecular formula is C15H26N2S. The summed E-state index contributed by atoms with van der Waals surface area (Å²) in [5, 5.41) is 0. The van der Waals surface area contributed by atoms with Gasteiger partial charge >= 0.3 is 0 Å². The Kier molecular flexibility index (Phi) is 3.35. The topological polar surface area (TPSA) is 6.48 Å². The Balaban J connectivity index is 2.33. The number of thiocarbonyl (C=S) groups is 1. The summed E-state index contributed by atoms with van der Waals surface area (Å²) in [5.41, 5.74) is 3.32. The van der Waals surface area contributed by atoms with Gasteiger partial charge in [-0.3, -0.25) is 4.90 Å². The predicted octanol–water partition coefficient (Wildman–Crippen LogP) is 3.43. The summed E-state index contributed by atoms with van der Waals surface area (Å²) in [7, 11) is 2.18. The predicted molar refractivity (Wildman–Crippen MR) is 81.7 cm³/mol. The van der Waals surface area contributed by atoms with Gasteiger partial charge in [0, 0.05) is 29.4 Å². The van der Waals surface area contributed by atoms with Gasteiger partial charge < -0.3 is 4.90 Å². The van der Waals surface area contributed by atoms with Gasteiger partial charge in [0.05, 0.1) is 12.4 Å². The van der Waals surface area contributed by atoms with E-state index in [1.807, 2.05) is 0 Å². The molecule has 0 saturated carbocycles. The molecule has 0 aromatic rings. The van der Waals surface area contributed by atoms with Crippen LogP contribution in [0, 0.1) is 5.41 Å². The second-order valence-corrected chi connectivity index (χ2v) is 7.78. The molecule has 0 amide bonds. The van der Waals surface area contributed by atoms with E-state index in [4.69, 9.17) is 12.2 Å². The van der Waals surface area contributed by atoms with Crippen molar-refractivity contribution in [3.8, 4) is 0 Å². The molecule has 0 N–H and O–H groups in total. The van der Waals surface area contributed by atoms with E-state index in [0.717, 1.165) is 13.2 Å². The molecule has 0 radical (unpaired) electrons. The maximum Gasteiger partial charge on any atom is 0.0711 e. The van der Waals surface area contributed by atoms with Gasteiger partial charge in [-0.05, 0) is 39.2 Å². The van der Waals surface area contributed by atoms with Crippen LogP contribution in [0.4, 0.5) is 0 Å². The van der Waals surface area contributed by atoms with Crippen LogP contribution in [-0.4, -0.2) is 40.5 Å². The van der Waals surface area contributed by atoms with Crippen LogP contribution in [0.25, 0.3) is 0 Å². The third kappa shape index (κ3) is 2.35. The minimum absolute atomic E-state index is 0.187. The number of nitrogens with zero attached hydrogens (tertiary/aromatic N) is 2. The summed E-state index contributed by atoms with van der Waals surface area (Å²) in [6.07, 6.45) is 2.38. The van der Waals surface area contributed by atoms with Gasteiger partial charge in [0.25, 0.3) is 0 Å². The van der Waals surface area contributed by atoms with Gasteiger partial charge in [0.2, 0.25) is 0 Å². The lowest BCUT2D eigenvalue weighted by Gasteiger charge is -2.48. The van der Waals surface area contributed by atoms with Crippen LogP contribution >= 0.6 is 12.2 Å². The fraction of sp³-hybridized carbons (Fsp3) is 0.800. The summed E-state index contributed by atoms with van der Waals surface area (Å²) in [6, 6.07) is 0. The van der Waals surface area contributed by atoms with Crippen molar-refractivity contribution in [2.24, 2.45) is 5.41 Å². The molecule has 2 aliphatic rings. The summed E-state index contributed by atoms with van der Waals surface area (Å²) in [6.45, 7) is 13.5. The Hall–Kier alpha value is -0.410. The first-order valence-electron chi connectivity index (χ1n) is 6.86. The highest BCUT2D eigenvalue weighted by Crippen LogP contribution is 2.40. The van der Waals surface area contributed by atoms with E-state index in [-0.39, 0.29) is 11.0 Å². The monoisotopic (exact) mass is 266 g/mol. The average Bonchev–Trinajstić information content (AvgIpc) is 2.22. The largest absolute Gasteiger partial charge is 0.361 e. The molecule has 1 aliphatic heterocycles. The van der Waals surface area contributed by atoms with E-state index in [1.165, 1.54) is 23.4 Å². The highest BCUT2D eigenvalue weighted by Gasteiger charge is 2.38. The average molecular weight is 266 g/mol. The Morgan fingerprint density at radius 2 is 1.83 bits per heavy atom. The van der Waals surface area contributed by atoms with E-state index in [9.17, 15) is 0 Å². The van der Waals surface area contributed by atoms with Crippen molar-refractivity contribution in [1.29, 1.82) is 0 Å². The van der Waals surface area contributed by atoms with Crippen LogP contribution in [0.3, 0.4) is 0 Å². The summed E-state index contributed by atoms with van der Waals surface area (Å²) in [4.78, 5) is 6.06. The molecule has 0 unspecified atom stereocenters. The van der Waals surface area contributed by atoms with E-state index in [1.54, 1.807) is 5.57 Å². The molecule has 1 heterocycles. The normalized spacial score (nSPS) is 25.4. The molecule has 102 valence electrons.